The van der Waals surface area contributed by atoms with Gasteiger partial charge in [0.05, 0.1) is 0 Å². The molecule has 0 amide bonds. The van der Waals surface area contributed by atoms with Crippen LogP contribution in [0.1, 0.15) is 99.3 Å². The fourth-order valence-corrected chi connectivity index (χ4v) is 5.58. The number of halogens is 3. The monoisotopic (exact) mass is 440 g/mol. The molecule has 0 nitrogen and oxygen atoms in total. The predicted molar refractivity (Wildman–Crippen MR) is 126 cm³/mol. The van der Waals surface area contributed by atoms with Crippen LogP contribution < -0.4 is 0 Å². The topological polar surface area (TPSA) is 0 Å². The number of hydrogen-bond acceptors (Lipinski definition) is 0. The molecule has 2 aliphatic rings. The lowest BCUT2D eigenvalue weighted by molar-refractivity contribution is 0.339. The van der Waals surface area contributed by atoms with E-state index < -0.39 is 11.6 Å². The molecule has 172 valence electrons. The maximum atomic E-state index is 14.8. The van der Waals surface area contributed by atoms with E-state index in [9.17, 15) is 13.2 Å². The molecular weight excluding hydrogens is 405 g/mol. The first-order valence-electron chi connectivity index (χ1n) is 12.4. The van der Waals surface area contributed by atoms with Gasteiger partial charge in [-0.2, -0.15) is 0 Å². The molecule has 2 fully saturated rings. The summed E-state index contributed by atoms with van der Waals surface area (Å²) in [6, 6.07) is 9.21. The minimum absolute atomic E-state index is 0.101. The van der Waals surface area contributed by atoms with Gasteiger partial charge >= 0.3 is 0 Å². The predicted octanol–water partition coefficient (Wildman–Crippen LogP) is 8.95. The molecule has 0 atom stereocenters. The summed E-state index contributed by atoms with van der Waals surface area (Å²) < 4.78 is 43.7. The van der Waals surface area contributed by atoms with Crippen molar-refractivity contribution >= 4 is 6.08 Å². The van der Waals surface area contributed by atoms with Crippen molar-refractivity contribution in [2.24, 2.45) is 11.8 Å². The highest BCUT2D eigenvalue weighted by molar-refractivity contribution is 5.52. The summed E-state index contributed by atoms with van der Waals surface area (Å²) in [7, 11) is 0. The van der Waals surface area contributed by atoms with E-state index in [4.69, 9.17) is 0 Å². The van der Waals surface area contributed by atoms with Crippen LogP contribution in [0.2, 0.25) is 0 Å². The van der Waals surface area contributed by atoms with Crippen LogP contribution in [-0.4, -0.2) is 0 Å². The average molecular weight is 441 g/mol. The molecule has 2 aromatic carbocycles. The van der Waals surface area contributed by atoms with Gasteiger partial charge in [-0.25, -0.2) is 13.2 Å². The van der Waals surface area contributed by atoms with E-state index in [1.807, 2.05) is 19.1 Å². The van der Waals surface area contributed by atoms with Crippen molar-refractivity contribution in [3.8, 4) is 0 Å². The summed E-state index contributed by atoms with van der Waals surface area (Å²) in [6.45, 7) is 4.20. The van der Waals surface area contributed by atoms with Crippen LogP contribution in [0.15, 0.2) is 36.4 Å². The van der Waals surface area contributed by atoms with Crippen molar-refractivity contribution in [2.45, 2.75) is 83.5 Å². The number of allylic oxidation sites excluding steroid dienone is 1. The van der Waals surface area contributed by atoms with Gasteiger partial charge in [0, 0.05) is 5.56 Å². The fraction of sp³-hybridized carbons (Fsp3) is 0.517. The van der Waals surface area contributed by atoms with E-state index >= 15 is 0 Å². The van der Waals surface area contributed by atoms with E-state index in [0.717, 1.165) is 62.5 Å². The zero-order valence-electron chi connectivity index (χ0n) is 19.3. The lowest BCUT2D eigenvalue weighted by Crippen LogP contribution is -2.13. The molecule has 0 unspecified atom stereocenters. The van der Waals surface area contributed by atoms with Gasteiger partial charge in [-0.05, 0) is 91.4 Å². The molecule has 0 radical (unpaired) electrons. The molecule has 0 aromatic heterocycles. The quantitative estimate of drug-likeness (QED) is 0.435. The molecule has 0 bridgehead atoms. The van der Waals surface area contributed by atoms with E-state index in [0.29, 0.717) is 35.3 Å². The second-order valence-electron chi connectivity index (χ2n) is 10.0. The summed E-state index contributed by atoms with van der Waals surface area (Å²) in [4.78, 5) is 0. The van der Waals surface area contributed by atoms with Crippen molar-refractivity contribution in [1.29, 1.82) is 0 Å². The molecule has 3 heteroatoms. The first-order chi connectivity index (χ1) is 15.5. The molecule has 0 saturated heterocycles. The van der Waals surface area contributed by atoms with Gasteiger partial charge in [0.25, 0.3) is 0 Å². The smallest absolute Gasteiger partial charge is 0.166 e. The molecule has 0 N–H and O–H groups in total. The average Bonchev–Trinajstić information content (AvgIpc) is 2.81. The third kappa shape index (κ3) is 5.13. The van der Waals surface area contributed by atoms with Crippen LogP contribution >= 0.6 is 0 Å². The van der Waals surface area contributed by atoms with Crippen LogP contribution in [0.5, 0.6) is 0 Å². The van der Waals surface area contributed by atoms with Crippen molar-refractivity contribution in [3.05, 3.63) is 76.1 Å². The van der Waals surface area contributed by atoms with E-state index in [-0.39, 0.29) is 11.7 Å². The molecule has 0 spiro atoms. The SMILES string of the molecule is CCc1ccc(C2CCC(C=Cc3ccc(C4CCC(C)CC4)c(F)c3F)CC2)cc1F. The molecule has 4 rings (SSSR count). The lowest BCUT2D eigenvalue weighted by Gasteiger charge is -2.27. The fourth-order valence-electron chi connectivity index (χ4n) is 5.58. The Hall–Kier alpha value is -2.03. The van der Waals surface area contributed by atoms with Crippen molar-refractivity contribution in [3.63, 3.8) is 0 Å². The summed E-state index contributed by atoms with van der Waals surface area (Å²) in [5.74, 6) is 0.0948. The van der Waals surface area contributed by atoms with Gasteiger partial charge < -0.3 is 0 Å². The van der Waals surface area contributed by atoms with E-state index in [1.54, 1.807) is 24.3 Å². The molecular formula is C29H35F3. The number of benzene rings is 2. The minimum atomic E-state index is -0.711. The van der Waals surface area contributed by atoms with Crippen LogP contribution in [-0.2, 0) is 6.42 Å². The highest BCUT2D eigenvalue weighted by Crippen LogP contribution is 2.39. The van der Waals surface area contributed by atoms with Gasteiger partial charge in [-0.1, -0.05) is 63.1 Å². The Kier molecular flexibility index (Phi) is 7.43. The maximum absolute atomic E-state index is 14.8. The summed E-state index contributed by atoms with van der Waals surface area (Å²) >= 11 is 0. The Morgan fingerprint density at radius 1 is 0.812 bits per heavy atom. The van der Waals surface area contributed by atoms with Crippen LogP contribution in [0.4, 0.5) is 13.2 Å². The van der Waals surface area contributed by atoms with Gasteiger partial charge in [0.15, 0.2) is 11.6 Å². The lowest BCUT2D eigenvalue weighted by atomic mass is 9.78. The Labute approximate surface area is 190 Å². The Morgan fingerprint density at radius 2 is 1.50 bits per heavy atom. The molecule has 0 heterocycles. The highest BCUT2D eigenvalue weighted by atomic mass is 19.2. The summed E-state index contributed by atoms with van der Waals surface area (Å²) in [5, 5.41) is 0. The highest BCUT2D eigenvalue weighted by Gasteiger charge is 2.25. The Balaban J connectivity index is 1.37. The Bertz CT molecular complexity index is 945. The van der Waals surface area contributed by atoms with Crippen molar-refractivity contribution in [1.82, 2.24) is 0 Å². The molecule has 2 aromatic rings. The first kappa shape index (κ1) is 23.1. The van der Waals surface area contributed by atoms with Gasteiger partial charge in [-0.15, -0.1) is 0 Å². The zero-order valence-corrected chi connectivity index (χ0v) is 19.3. The van der Waals surface area contributed by atoms with Crippen molar-refractivity contribution in [2.75, 3.05) is 0 Å². The zero-order chi connectivity index (χ0) is 22.7. The van der Waals surface area contributed by atoms with Crippen LogP contribution in [0.25, 0.3) is 6.08 Å². The molecule has 32 heavy (non-hydrogen) atoms. The van der Waals surface area contributed by atoms with Crippen LogP contribution in [0.3, 0.4) is 0 Å². The van der Waals surface area contributed by atoms with Gasteiger partial charge in [0.1, 0.15) is 5.82 Å². The molecule has 2 aliphatic carbocycles. The number of hydrogen-bond donors (Lipinski definition) is 0. The van der Waals surface area contributed by atoms with Crippen molar-refractivity contribution < 1.29 is 13.2 Å². The minimum Gasteiger partial charge on any atom is -0.207 e. The second-order valence-corrected chi connectivity index (χ2v) is 10.0. The normalized spacial score (nSPS) is 26.5. The van der Waals surface area contributed by atoms with Gasteiger partial charge in [-0.3, -0.25) is 0 Å². The Morgan fingerprint density at radius 3 is 2.16 bits per heavy atom. The third-order valence-corrected chi connectivity index (χ3v) is 7.85. The molecule has 0 aliphatic heterocycles. The van der Waals surface area contributed by atoms with Gasteiger partial charge in [0.2, 0.25) is 0 Å². The first-order valence-corrected chi connectivity index (χ1v) is 12.4. The number of rotatable bonds is 5. The largest absolute Gasteiger partial charge is 0.207 e. The standard InChI is InChI=1S/C29H35F3/c1-3-21-14-15-25(18-27(21)30)22-11-6-20(7-12-22)8-13-24-16-17-26(29(32)28(24)31)23-9-4-19(2)5-10-23/h8,13-20,22-23H,3-7,9-12H2,1-2H3. The maximum Gasteiger partial charge on any atom is 0.166 e. The molecule has 2 saturated carbocycles. The summed E-state index contributed by atoms with van der Waals surface area (Å²) in [6.07, 6.45) is 12.5. The summed E-state index contributed by atoms with van der Waals surface area (Å²) in [5.41, 5.74) is 2.75. The van der Waals surface area contributed by atoms with E-state index in [2.05, 4.69) is 13.0 Å². The second kappa shape index (κ2) is 10.3. The van der Waals surface area contributed by atoms with E-state index in [1.165, 1.54) is 0 Å². The third-order valence-electron chi connectivity index (χ3n) is 7.85. The van der Waals surface area contributed by atoms with Crippen LogP contribution in [0, 0.1) is 29.3 Å². The number of aryl methyl sites for hydroxylation is 1.